The van der Waals surface area contributed by atoms with Gasteiger partial charge in [-0.05, 0) is 42.9 Å². The zero-order chi connectivity index (χ0) is 13.2. The molecule has 1 fully saturated rings. The Labute approximate surface area is 117 Å². The second kappa shape index (κ2) is 5.64. The largest absolute Gasteiger partial charge is 0.309 e. The van der Waals surface area contributed by atoms with Gasteiger partial charge in [0.15, 0.2) is 0 Å². The zero-order valence-electron chi connectivity index (χ0n) is 12.2. The van der Waals surface area contributed by atoms with Gasteiger partial charge in [0.25, 0.3) is 0 Å². The van der Waals surface area contributed by atoms with Crippen molar-refractivity contribution in [1.29, 1.82) is 0 Å². The lowest BCUT2D eigenvalue weighted by atomic mass is 9.94. The Hall–Kier alpha value is -0.860. The highest BCUT2D eigenvalue weighted by Crippen LogP contribution is 2.31. The summed E-state index contributed by atoms with van der Waals surface area (Å²) < 4.78 is 0. The molecule has 0 amide bonds. The van der Waals surface area contributed by atoms with E-state index in [2.05, 4.69) is 48.3 Å². The predicted molar refractivity (Wildman–Crippen MR) is 80.3 cm³/mol. The van der Waals surface area contributed by atoms with E-state index in [0.29, 0.717) is 6.04 Å². The number of fused-ring (bicyclic) bond motifs is 1. The molecular formula is C17H26N2. The van der Waals surface area contributed by atoms with Crippen LogP contribution in [-0.4, -0.2) is 30.6 Å². The van der Waals surface area contributed by atoms with Crippen LogP contribution in [0, 0.1) is 5.92 Å². The third-order valence-electron chi connectivity index (χ3n) is 4.30. The van der Waals surface area contributed by atoms with Crippen molar-refractivity contribution >= 4 is 0 Å². The first-order valence-electron chi connectivity index (χ1n) is 7.79. The molecule has 1 aliphatic carbocycles. The van der Waals surface area contributed by atoms with Crippen molar-refractivity contribution in [3.8, 4) is 0 Å². The fourth-order valence-electron chi connectivity index (χ4n) is 3.27. The Morgan fingerprint density at radius 1 is 1.26 bits per heavy atom. The van der Waals surface area contributed by atoms with Crippen molar-refractivity contribution in [2.45, 2.75) is 45.2 Å². The first kappa shape index (κ1) is 13.1. The Balaban J connectivity index is 1.72. The van der Waals surface area contributed by atoms with E-state index >= 15 is 0 Å². The van der Waals surface area contributed by atoms with E-state index in [1.165, 1.54) is 37.9 Å². The molecule has 0 spiro atoms. The van der Waals surface area contributed by atoms with Gasteiger partial charge in [-0.15, -0.1) is 0 Å². The fraction of sp³-hybridized carbons (Fsp3) is 0.647. The number of benzene rings is 1. The molecule has 3 rings (SSSR count). The van der Waals surface area contributed by atoms with Gasteiger partial charge >= 0.3 is 0 Å². The molecule has 19 heavy (non-hydrogen) atoms. The summed E-state index contributed by atoms with van der Waals surface area (Å²) in [5.41, 5.74) is 3.08. The van der Waals surface area contributed by atoms with Gasteiger partial charge in [-0.2, -0.15) is 0 Å². The summed E-state index contributed by atoms with van der Waals surface area (Å²) in [6.45, 7) is 8.21. The Morgan fingerprint density at radius 2 is 2.05 bits per heavy atom. The minimum Gasteiger partial charge on any atom is -0.309 e. The van der Waals surface area contributed by atoms with Crippen molar-refractivity contribution in [3.05, 3.63) is 35.4 Å². The van der Waals surface area contributed by atoms with Gasteiger partial charge in [0.1, 0.15) is 0 Å². The summed E-state index contributed by atoms with van der Waals surface area (Å²) >= 11 is 0. The molecule has 2 aliphatic rings. The van der Waals surface area contributed by atoms with Crippen molar-refractivity contribution < 1.29 is 0 Å². The second-order valence-corrected chi connectivity index (χ2v) is 6.53. The molecule has 0 aromatic heterocycles. The number of nitrogens with zero attached hydrogens (tertiary/aromatic N) is 1. The lowest BCUT2D eigenvalue weighted by Gasteiger charge is -2.33. The standard InChI is InChI=1S/C17H26N2/c1-13(2)11-19(15-7-8-15)12-17-16-6-4-3-5-14(16)9-10-18-17/h3-6,13,15,17-18H,7-12H2,1-2H3. The van der Waals surface area contributed by atoms with Crippen molar-refractivity contribution in [1.82, 2.24) is 10.2 Å². The molecular weight excluding hydrogens is 232 g/mol. The SMILES string of the molecule is CC(C)CN(CC1NCCc2ccccc21)C1CC1. The quantitative estimate of drug-likeness (QED) is 0.873. The smallest absolute Gasteiger partial charge is 0.0452 e. The van der Waals surface area contributed by atoms with Gasteiger partial charge in [0, 0.05) is 25.2 Å². The van der Waals surface area contributed by atoms with Crippen LogP contribution in [0.5, 0.6) is 0 Å². The van der Waals surface area contributed by atoms with Crippen LogP contribution in [0.15, 0.2) is 24.3 Å². The molecule has 1 atom stereocenters. The molecule has 1 heterocycles. The van der Waals surface area contributed by atoms with E-state index in [-0.39, 0.29) is 0 Å². The highest BCUT2D eigenvalue weighted by molar-refractivity contribution is 5.32. The lowest BCUT2D eigenvalue weighted by molar-refractivity contribution is 0.206. The van der Waals surface area contributed by atoms with Gasteiger partial charge in [-0.25, -0.2) is 0 Å². The van der Waals surface area contributed by atoms with Gasteiger partial charge in [0.2, 0.25) is 0 Å². The molecule has 1 N–H and O–H groups in total. The summed E-state index contributed by atoms with van der Waals surface area (Å²) in [5, 5.41) is 3.72. The summed E-state index contributed by atoms with van der Waals surface area (Å²) in [5.74, 6) is 0.763. The molecule has 1 unspecified atom stereocenters. The summed E-state index contributed by atoms with van der Waals surface area (Å²) in [6, 6.07) is 10.4. The van der Waals surface area contributed by atoms with Gasteiger partial charge in [-0.3, -0.25) is 4.90 Å². The Morgan fingerprint density at radius 3 is 2.79 bits per heavy atom. The van der Waals surface area contributed by atoms with Crippen LogP contribution in [0.2, 0.25) is 0 Å². The van der Waals surface area contributed by atoms with Crippen LogP contribution in [0.1, 0.15) is 43.9 Å². The average Bonchev–Trinajstić information content (AvgIpc) is 3.22. The van der Waals surface area contributed by atoms with Crippen molar-refractivity contribution in [2.24, 2.45) is 5.92 Å². The first-order chi connectivity index (χ1) is 9.24. The minimum atomic E-state index is 0.532. The van der Waals surface area contributed by atoms with Crippen LogP contribution in [0.3, 0.4) is 0 Å². The van der Waals surface area contributed by atoms with E-state index < -0.39 is 0 Å². The predicted octanol–water partition coefficient (Wildman–Crippen LogP) is 2.99. The fourth-order valence-corrected chi connectivity index (χ4v) is 3.27. The molecule has 2 nitrogen and oxygen atoms in total. The third kappa shape index (κ3) is 3.18. The minimum absolute atomic E-state index is 0.532. The molecule has 1 aliphatic heterocycles. The lowest BCUT2D eigenvalue weighted by Crippen LogP contribution is -2.41. The maximum absolute atomic E-state index is 3.72. The molecule has 1 aromatic rings. The van der Waals surface area contributed by atoms with E-state index in [9.17, 15) is 0 Å². The third-order valence-corrected chi connectivity index (χ3v) is 4.30. The average molecular weight is 258 g/mol. The number of rotatable bonds is 5. The van der Waals surface area contributed by atoms with Gasteiger partial charge in [0.05, 0.1) is 0 Å². The normalized spacial score (nSPS) is 22.8. The van der Waals surface area contributed by atoms with E-state index in [1.54, 1.807) is 5.56 Å². The topological polar surface area (TPSA) is 15.3 Å². The monoisotopic (exact) mass is 258 g/mol. The zero-order valence-corrected chi connectivity index (χ0v) is 12.2. The summed E-state index contributed by atoms with van der Waals surface area (Å²) in [4.78, 5) is 2.71. The van der Waals surface area contributed by atoms with Crippen molar-refractivity contribution in [3.63, 3.8) is 0 Å². The Bertz CT molecular complexity index is 423. The maximum atomic E-state index is 3.72. The number of nitrogens with one attached hydrogen (secondary N) is 1. The molecule has 0 saturated heterocycles. The van der Waals surface area contributed by atoms with Crippen LogP contribution in [0.4, 0.5) is 0 Å². The first-order valence-corrected chi connectivity index (χ1v) is 7.79. The van der Waals surface area contributed by atoms with Gasteiger partial charge < -0.3 is 5.32 Å². The highest BCUT2D eigenvalue weighted by Gasteiger charge is 2.32. The maximum Gasteiger partial charge on any atom is 0.0452 e. The number of hydrogen-bond donors (Lipinski definition) is 1. The van der Waals surface area contributed by atoms with E-state index in [0.717, 1.165) is 18.5 Å². The van der Waals surface area contributed by atoms with Crippen LogP contribution in [0.25, 0.3) is 0 Å². The molecule has 104 valence electrons. The van der Waals surface area contributed by atoms with Gasteiger partial charge in [-0.1, -0.05) is 38.1 Å². The summed E-state index contributed by atoms with van der Waals surface area (Å²) in [6.07, 6.45) is 3.99. The molecule has 0 radical (unpaired) electrons. The second-order valence-electron chi connectivity index (χ2n) is 6.53. The van der Waals surface area contributed by atoms with Crippen LogP contribution in [-0.2, 0) is 6.42 Å². The van der Waals surface area contributed by atoms with Crippen molar-refractivity contribution in [2.75, 3.05) is 19.6 Å². The van der Waals surface area contributed by atoms with E-state index in [4.69, 9.17) is 0 Å². The molecule has 1 saturated carbocycles. The highest BCUT2D eigenvalue weighted by atomic mass is 15.2. The number of hydrogen-bond acceptors (Lipinski definition) is 2. The van der Waals surface area contributed by atoms with Crippen LogP contribution < -0.4 is 5.32 Å². The van der Waals surface area contributed by atoms with Crippen LogP contribution >= 0.6 is 0 Å². The summed E-state index contributed by atoms with van der Waals surface area (Å²) in [7, 11) is 0. The molecule has 0 bridgehead atoms. The Kier molecular flexibility index (Phi) is 3.90. The van der Waals surface area contributed by atoms with E-state index in [1.807, 2.05) is 0 Å². The molecule has 2 heteroatoms. The molecule has 1 aromatic carbocycles.